The molecule has 4 nitrogen and oxygen atoms in total. The third kappa shape index (κ3) is 3.82. The van der Waals surface area contributed by atoms with Gasteiger partial charge in [0.15, 0.2) is 0 Å². The molecule has 0 aliphatic carbocycles. The lowest BCUT2D eigenvalue weighted by Crippen LogP contribution is -2.40. The molecule has 4 heteroatoms. The highest BCUT2D eigenvalue weighted by Crippen LogP contribution is 2.09. The number of carbonyl (C=O) groups excluding carboxylic acids is 1. The standard InChI is InChI=1S/C13H20N2O2/c1-5-13(4,17)8-14-12(16)11-7-6-9(2)15-10(11)3/h6-7,17H,5,8H2,1-4H3,(H,14,16). The second-order valence-electron chi connectivity index (χ2n) is 4.62. The van der Waals surface area contributed by atoms with E-state index in [0.717, 1.165) is 5.69 Å². The second kappa shape index (κ2) is 5.27. The van der Waals surface area contributed by atoms with Crippen molar-refractivity contribution in [3.63, 3.8) is 0 Å². The fraction of sp³-hybridized carbons (Fsp3) is 0.538. The summed E-state index contributed by atoms with van der Waals surface area (Å²) < 4.78 is 0. The number of rotatable bonds is 4. The van der Waals surface area contributed by atoms with E-state index < -0.39 is 5.60 Å². The minimum absolute atomic E-state index is 0.191. The Labute approximate surface area is 102 Å². The summed E-state index contributed by atoms with van der Waals surface area (Å²) in [6.07, 6.45) is 0.596. The van der Waals surface area contributed by atoms with E-state index in [0.29, 0.717) is 17.7 Å². The van der Waals surface area contributed by atoms with Crippen LogP contribution in [0.1, 0.15) is 42.0 Å². The average Bonchev–Trinajstić information content (AvgIpc) is 2.26. The van der Waals surface area contributed by atoms with E-state index in [2.05, 4.69) is 10.3 Å². The molecule has 0 aliphatic rings. The second-order valence-corrected chi connectivity index (χ2v) is 4.62. The Morgan fingerprint density at radius 1 is 1.47 bits per heavy atom. The van der Waals surface area contributed by atoms with Crippen LogP contribution in [0.4, 0.5) is 0 Å². The van der Waals surface area contributed by atoms with E-state index in [4.69, 9.17) is 0 Å². The summed E-state index contributed by atoms with van der Waals surface area (Å²) in [6.45, 7) is 7.52. The Balaban J connectivity index is 2.71. The number of pyridine rings is 1. The minimum atomic E-state index is -0.859. The number of aromatic nitrogens is 1. The summed E-state index contributed by atoms with van der Waals surface area (Å²) in [5.41, 5.74) is 1.29. The molecule has 1 rings (SSSR count). The summed E-state index contributed by atoms with van der Waals surface area (Å²) in [4.78, 5) is 16.1. The lowest BCUT2D eigenvalue weighted by atomic mass is 10.0. The fourth-order valence-corrected chi connectivity index (χ4v) is 1.42. The summed E-state index contributed by atoms with van der Waals surface area (Å²) in [6, 6.07) is 3.56. The van der Waals surface area contributed by atoms with Gasteiger partial charge in [0.2, 0.25) is 0 Å². The summed E-state index contributed by atoms with van der Waals surface area (Å²) in [7, 11) is 0. The first-order chi connectivity index (χ1) is 7.85. The Morgan fingerprint density at radius 2 is 2.12 bits per heavy atom. The van der Waals surface area contributed by atoms with Gasteiger partial charge in [0.1, 0.15) is 0 Å². The molecule has 0 aliphatic heterocycles. The maximum atomic E-state index is 11.9. The molecular formula is C13H20N2O2. The third-order valence-corrected chi connectivity index (χ3v) is 2.86. The van der Waals surface area contributed by atoms with Crippen LogP contribution in [0.5, 0.6) is 0 Å². The van der Waals surface area contributed by atoms with E-state index in [9.17, 15) is 9.90 Å². The van der Waals surface area contributed by atoms with Crippen LogP contribution in [0, 0.1) is 13.8 Å². The van der Waals surface area contributed by atoms with Crippen molar-refractivity contribution in [2.45, 2.75) is 39.7 Å². The number of hydrogen-bond donors (Lipinski definition) is 2. The van der Waals surface area contributed by atoms with Crippen molar-refractivity contribution in [2.24, 2.45) is 0 Å². The normalized spacial score (nSPS) is 14.2. The topological polar surface area (TPSA) is 62.2 Å². The lowest BCUT2D eigenvalue weighted by Gasteiger charge is -2.21. The Bertz CT molecular complexity index is 414. The van der Waals surface area contributed by atoms with Crippen molar-refractivity contribution in [3.8, 4) is 0 Å². The molecular weight excluding hydrogens is 216 g/mol. The molecule has 1 aromatic rings. The van der Waals surface area contributed by atoms with Crippen molar-refractivity contribution >= 4 is 5.91 Å². The van der Waals surface area contributed by atoms with Gasteiger partial charge < -0.3 is 10.4 Å². The Hall–Kier alpha value is -1.42. The number of nitrogens with one attached hydrogen (secondary N) is 1. The van der Waals surface area contributed by atoms with Crippen LogP contribution < -0.4 is 5.32 Å². The highest BCUT2D eigenvalue weighted by molar-refractivity contribution is 5.95. The minimum Gasteiger partial charge on any atom is -0.388 e. The van der Waals surface area contributed by atoms with Gasteiger partial charge in [-0.3, -0.25) is 9.78 Å². The van der Waals surface area contributed by atoms with E-state index in [1.54, 1.807) is 26.0 Å². The molecule has 17 heavy (non-hydrogen) atoms. The molecule has 0 saturated carbocycles. The van der Waals surface area contributed by atoms with Crippen molar-refractivity contribution in [1.29, 1.82) is 0 Å². The molecule has 1 amide bonds. The fourth-order valence-electron chi connectivity index (χ4n) is 1.42. The zero-order valence-electron chi connectivity index (χ0n) is 10.9. The van der Waals surface area contributed by atoms with Gasteiger partial charge >= 0.3 is 0 Å². The highest BCUT2D eigenvalue weighted by atomic mass is 16.3. The first kappa shape index (κ1) is 13.6. The molecule has 0 bridgehead atoms. The molecule has 0 fully saturated rings. The Morgan fingerprint density at radius 3 is 2.65 bits per heavy atom. The smallest absolute Gasteiger partial charge is 0.253 e. The molecule has 0 aromatic carbocycles. The quantitative estimate of drug-likeness (QED) is 0.834. The first-order valence-corrected chi connectivity index (χ1v) is 5.80. The van der Waals surface area contributed by atoms with Crippen molar-refractivity contribution in [3.05, 3.63) is 29.1 Å². The summed E-state index contributed by atoms with van der Waals surface area (Å²) in [5.74, 6) is -0.191. The summed E-state index contributed by atoms with van der Waals surface area (Å²) >= 11 is 0. The van der Waals surface area contributed by atoms with Crippen LogP contribution in [0.15, 0.2) is 12.1 Å². The van der Waals surface area contributed by atoms with Gasteiger partial charge in [0, 0.05) is 12.2 Å². The van der Waals surface area contributed by atoms with Crippen molar-refractivity contribution < 1.29 is 9.90 Å². The molecule has 1 aromatic heterocycles. The number of nitrogens with zero attached hydrogens (tertiary/aromatic N) is 1. The number of aryl methyl sites for hydroxylation is 2. The number of hydrogen-bond acceptors (Lipinski definition) is 3. The van der Waals surface area contributed by atoms with Gasteiger partial charge in [-0.2, -0.15) is 0 Å². The first-order valence-electron chi connectivity index (χ1n) is 5.80. The van der Waals surface area contributed by atoms with Gasteiger partial charge in [0.25, 0.3) is 5.91 Å². The maximum Gasteiger partial charge on any atom is 0.253 e. The molecule has 0 radical (unpaired) electrons. The molecule has 0 spiro atoms. The molecule has 1 heterocycles. The van der Waals surface area contributed by atoms with Gasteiger partial charge in [-0.15, -0.1) is 0 Å². The van der Waals surface area contributed by atoms with Crippen molar-refractivity contribution in [1.82, 2.24) is 10.3 Å². The Kier molecular flexibility index (Phi) is 4.23. The van der Waals surface area contributed by atoms with E-state index >= 15 is 0 Å². The number of amides is 1. The van der Waals surface area contributed by atoms with Gasteiger partial charge in [-0.05, 0) is 39.3 Å². The van der Waals surface area contributed by atoms with Crippen LogP contribution >= 0.6 is 0 Å². The molecule has 2 N–H and O–H groups in total. The molecule has 0 saturated heterocycles. The predicted octanol–water partition coefficient (Wildman–Crippen LogP) is 1.59. The molecule has 1 atom stereocenters. The van der Waals surface area contributed by atoms with E-state index in [1.165, 1.54) is 0 Å². The average molecular weight is 236 g/mol. The van der Waals surface area contributed by atoms with E-state index in [-0.39, 0.29) is 12.5 Å². The molecule has 1 unspecified atom stereocenters. The van der Waals surface area contributed by atoms with Crippen LogP contribution in [0.3, 0.4) is 0 Å². The summed E-state index contributed by atoms with van der Waals surface area (Å²) in [5, 5.41) is 12.5. The largest absolute Gasteiger partial charge is 0.388 e. The van der Waals surface area contributed by atoms with Gasteiger partial charge in [-0.25, -0.2) is 0 Å². The van der Waals surface area contributed by atoms with Crippen LogP contribution in [0.25, 0.3) is 0 Å². The van der Waals surface area contributed by atoms with Crippen molar-refractivity contribution in [2.75, 3.05) is 6.54 Å². The SMILES string of the molecule is CCC(C)(O)CNC(=O)c1ccc(C)nc1C. The predicted molar refractivity (Wildman–Crippen MR) is 67.0 cm³/mol. The zero-order valence-corrected chi connectivity index (χ0v) is 10.9. The molecule has 94 valence electrons. The van der Waals surface area contributed by atoms with Gasteiger partial charge in [-0.1, -0.05) is 6.92 Å². The monoisotopic (exact) mass is 236 g/mol. The maximum absolute atomic E-state index is 11.9. The lowest BCUT2D eigenvalue weighted by molar-refractivity contribution is 0.0518. The van der Waals surface area contributed by atoms with Crippen LogP contribution in [-0.2, 0) is 0 Å². The number of aliphatic hydroxyl groups is 1. The van der Waals surface area contributed by atoms with Crippen LogP contribution in [0.2, 0.25) is 0 Å². The number of carbonyl (C=O) groups is 1. The third-order valence-electron chi connectivity index (χ3n) is 2.86. The van der Waals surface area contributed by atoms with Gasteiger partial charge in [0.05, 0.1) is 16.9 Å². The highest BCUT2D eigenvalue weighted by Gasteiger charge is 2.19. The zero-order chi connectivity index (χ0) is 13.1. The van der Waals surface area contributed by atoms with E-state index in [1.807, 2.05) is 13.8 Å². The van der Waals surface area contributed by atoms with Crippen LogP contribution in [-0.4, -0.2) is 28.1 Å².